The molecule has 0 aliphatic carbocycles. The molecule has 18 heavy (non-hydrogen) atoms. The average Bonchev–Trinajstić information content (AvgIpc) is 2.35. The van der Waals surface area contributed by atoms with Crippen LogP contribution in [0.5, 0.6) is 0 Å². The van der Waals surface area contributed by atoms with Crippen molar-refractivity contribution in [2.75, 3.05) is 26.0 Å². The van der Waals surface area contributed by atoms with Crippen molar-refractivity contribution >= 4 is 16.7 Å². The Kier molecular flexibility index (Phi) is 3.82. The molecule has 0 bridgehead atoms. The quantitative estimate of drug-likeness (QED) is 0.895. The van der Waals surface area contributed by atoms with Gasteiger partial charge in [-0.25, -0.2) is 4.98 Å². The van der Waals surface area contributed by atoms with Gasteiger partial charge in [0.2, 0.25) is 0 Å². The minimum absolute atomic E-state index is 0.484. The van der Waals surface area contributed by atoms with E-state index in [1.54, 1.807) is 0 Å². The molecule has 3 heteroatoms. The SMILES string of the molecule is Cc1cc2ccccc2nc1NCC(C)N(C)C. The van der Waals surface area contributed by atoms with E-state index in [1.807, 2.05) is 12.1 Å². The van der Waals surface area contributed by atoms with Crippen LogP contribution < -0.4 is 5.32 Å². The fourth-order valence-corrected chi connectivity index (χ4v) is 1.83. The molecule has 0 fully saturated rings. The van der Waals surface area contributed by atoms with Gasteiger partial charge in [-0.3, -0.25) is 0 Å². The Labute approximate surface area is 109 Å². The van der Waals surface area contributed by atoms with Crippen LogP contribution in [0.3, 0.4) is 0 Å². The Bertz CT molecular complexity index is 534. The molecule has 2 aromatic rings. The summed E-state index contributed by atoms with van der Waals surface area (Å²) in [5, 5.41) is 4.63. The molecule has 0 saturated carbocycles. The molecule has 1 atom stereocenters. The monoisotopic (exact) mass is 243 g/mol. The van der Waals surface area contributed by atoms with E-state index in [0.717, 1.165) is 17.9 Å². The predicted octanol–water partition coefficient (Wildman–Crippen LogP) is 2.91. The summed E-state index contributed by atoms with van der Waals surface area (Å²) in [5.74, 6) is 0.988. The van der Waals surface area contributed by atoms with Gasteiger partial charge in [-0.2, -0.15) is 0 Å². The van der Waals surface area contributed by atoms with Crippen molar-refractivity contribution < 1.29 is 0 Å². The lowest BCUT2D eigenvalue weighted by Crippen LogP contribution is -2.31. The second-order valence-electron chi connectivity index (χ2n) is 5.04. The molecule has 2 rings (SSSR count). The molecule has 0 spiro atoms. The van der Waals surface area contributed by atoms with E-state index in [-0.39, 0.29) is 0 Å². The van der Waals surface area contributed by atoms with Crippen LogP contribution in [0.25, 0.3) is 10.9 Å². The third-order valence-electron chi connectivity index (χ3n) is 3.36. The van der Waals surface area contributed by atoms with E-state index in [1.165, 1.54) is 10.9 Å². The standard InChI is InChI=1S/C15H21N3/c1-11-9-13-7-5-6-8-14(13)17-15(11)16-10-12(2)18(3)4/h5-9,12H,10H2,1-4H3,(H,16,17). The maximum absolute atomic E-state index is 4.68. The van der Waals surface area contributed by atoms with Crippen molar-refractivity contribution in [3.63, 3.8) is 0 Å². The highest BCUT2D eigenvalue weighted by molar-refractivity contribution is 5.81. The van der Waals surface area contributed by atoms with Crippen molar-refractivity contribution in [2.45, 2.75) is 19.9 Å². The molecule has 0 saturated heterocycles. The van der Waals surface area contributed by atoms with Gasteiger partial charge in [0.05, 0.1) is 5.52 Å². The molecule has 1 heterocycles. The number of fused-ring (bicyclic) bond motifs is 1. The van der Waals surface area contributed by atoms with Crippen LogP contribution in [0.15, 0.2) is 30.3 Å². The minimum atomic E-state index is 0.484. The Balaban J connectivity index is 2.20. The zero-order valence-corrected chi connectivity index (χ0v) is 11.6. The first-order valence-electron chi connectivity index (χ1n) is 6.34. The Hall–Kier alpha value is -1.61. The van der Waals surface area contributed by atoms with Crippen LogP contribution in [-0.4, -0.2) is 36.6 Å². The Morgan fingerprint density at radius 1 is 1.28 bits per heavy atom. The molecule has 1 unspecified atom stereocenters. The first-order chi connectivity index (χ1) is 8.58. The molecular weight excluding hydrogens is 222 g/mol. The number of anilines is 1. The summed E-state index contributed by atoms with van der Waals surface area (Å²) in [5.41, 5.74) is 2.24. The van der Waals surface area contributed by atoms with Gasteiger partial charge < -0.3 is 10.2 Å². The lowest BCUT2D eigenvalue weighted by Gasteiger charge is -2.21. The summed E-state index contributed by atoms with van der Waals surface area (Å²) in [6.45, 7) is 5.20. The predicted molar refractivity (Wildman–Crippen MR) is 78.1 cm³/mol. The van der Waals surface area contributed by atoms with Crippen molar-refractivity contribution in [2.24, 2.45) is 0 Å². The summed E-state index contributed by atoms with van der Waals surface area (Å²) in [6, 6.07) is 10.9. The zero-order chi connectivity index (χ0) is 13.1. The molecular formula is C15H21N3. The number of aromatic nitrogens is 1. The van der Waals surface area contributed by atoms with E-state index in [2.05, 4.69) is 61.3 Å². The van der Waals surface area contributed by atoms with Crippen molar-refractivity contribution in [1.29, 1.82) is 0 Å². The Morgan fingerprint density at radius 3 is 2.72 bits per heavy atom. The van der Waals surface area contributed by atoms with E-state index in [4.69, 9.17) is 0 Å². The van der Waals surface area contributed by atoms with Crippen LogP contribution in [-0.2, 0) is 0 Å². The summed E-state index contributed by atoms with van der Waals surface area (Å²) in [4.78, 5) is 6.87. The van der Waals surface area contributed by atoms with E-state index in [0.29, 0.717) is 6.04 Å². The van der Waals surface area contributed by atoms with Gasteiger partial charge in [0.1, 0.15) is 5.82 Å². The second kappa shape index (κ2) is 5.36. The van der Waals surface area contributed by atoms with Crippen LogP contribution >= 0.6 is 0 Å². The molecule has 96 valence electrons. The number of benzene rings is 1. The normalized spacial score (nSPS) is 12.9. The first-order valence-corrected chi connectivity index (χ1v) is 6.34. The molecule has 0 amide bonds. The molecule has 0 radical (unpaired) electrons. The fraction of sp³-hybridized carbons (Fsp3) is 0.400. The van der Waals surface area contributed by atoms with E-state index in [9.17, 15) is 0 Å². The summed E-state index contributed by atoms with van der Waals surface area (Å²) >= 11 is 0. The lowest BCUT2D eigenvalue weighted by molar-refractivity contribution is 0.326. The van der Waals surface area contributed by atoms with Crippen molar-refractivity contribution in [3.05, 3.63) is 35.9 Å². The summed E-state index contributed by atoms with van der Waals surface area (Å²) in [6.07, 6.45) is 0. The number of rotatable bonds is 4. The third kappa shape index (κ3) is 2.79. The topological polar surface area (TPSA) is 28.2 Å². The highest BCUT2D eigenvalue weighted by Gasteiger charge is 2.07. The van der Waals surface area contributed by atoms with Crippen LogP contribution in [0.4, 0.5) is 5.82 Å². The molecule has 1 aromatic heterocycles. The van der Waals surface area contributed by atoms with Gasteiger partial charge in [-0.15, -0.1) is 0 Å². The minimum Gasteiger partial charge on any atom is -0.368 e. The van der Waals surface area contributed by atoms with Crippen molar-refractivity contribution in [3.8, 4) is 0 Å². The second-order valence-corrected chi connectivity index (χ2v) is 5.04. The zero-order valence-electron chi connectivity index (χ0n) is 11.6. The number of likely N-dealkylation sites (N-methyl/N-ethyl adjacent to an activating group) is 1. The molecule has 0 aliphatic heterocycles. The Morgan fingerprint density at radius 2 is 2.00 bits per heavy atom. The van der Waals surface area contributed by atoms with Gasteiger partial charge >= 0.3 is 0 Å². The number of aryl methyl sites for hydroxylation is 1. The molecule has 1 N–H and O–H groups in total. The number of hydrogen-bond acceptors (Lipinski definition) is 3. The number of nitrogens with zero attached hydrogens (tertiary/aromatic N) is 2. The number of hydrogen-bond donors (Lipinski definition) is 1. The number of nitrogens with one attached hydrogen (secondary N) is 1. The summed E-state index contributed by atoms with van der Waals surface area (Å²) < 4.78 is 0. The summed E-state index contributed by atoms with van der Waals surface area (Å²) in [7, 11) is 4.18. The van der Waals surface area contributed by atoms with E-state index >= 15 is 0 Å². The van der Waals surface area contributed by atoms with Gasteiger partial charge in [-0.1, -0.05) is 18.2 Å². The van der Waals surface area contributed by atoms with Crippen LogP contribution in [0, 0.1) is 6.92 Å². The maximum atomic E-state index is 4.68. The van der Waals surface area contributed by atoms with Gasteiger partial charge in [0.15, 0.2) is 0 Å². The fourth-order valence-electron chi connectivity index (χ4n) is 1.83. The van der Waals surface area contributed by atoms with Crippen molar-refractivity contribution in [1.82, 2.24) is 9.88 Å². The van der Waals surface area contributed by atoms with E-state index < -0.39 is 0 Å². The maximum Gasteiger partial charge on any atom is 0.129 e. The van der Waals surface area contributed by atoms with Crippen LogP contribution in [0.1, 0.15) is 12.5 Å². The third-order valence-corrected chi connectivity index (χ3v) is 3.36. The highest BCUT2D eigenvalue weighted by Crippen LogP contribution is 2.19. The molecule has 0 aliphatic rings. The van der Waals surface area contributed by atoms with Gasteiger partial charge in [0, 0.05) is 18.0 Å². The van der Waals surface area contributed by atoms with Gasteiger partial charge in [-0.05, 0) is 45.6 Å². The highest BCUT2D eigenvalue weighted by atomic mass is 15.1. The smallest absolute Gasteiger partial charge is 0.129 e. The number of pyridine rings is 1. The lowest BCUT2D eigenvalue weighted by atomic mass is 10.1. The molecule has 3 nitrogen and oxygen atoms in total. The van der Waals surface area contributed by atoms with Crippen LogP contribution in [0.2, 0.25) is 0 Å². The van der Waals surface area contributed by atoms with Gasteiger partial charge in [0.25, 0.3) is 0 Å². The molecule has 1 aromatic carbocycles. The first kappa shape index (κ1) is 12.8. The largest absolute Gasteiger partial charge is 0.368 e. The number of para-hydroxylation sites is 1. The average molecular weight is 243 g/mol.